The maximum Gasteiger partial charge on any atom is 0.357 e. The molecule has 68 heavy (non-hydrogen) atoms. The van der Waals surface area contributed by atoms with Crippen LogP contribution in [0.4, 0.5) is 11.4 Å². The van der Waals surface area contributed by atoms with Gasteiger partial charge in [0.05, 0.1) is 34.1 Å². The van der Waals surface area contributed by atoms with Crippen LogP contribution in [0.3, 0.4) is 0 Å². The highest BCUT2D eigenvalue weighted by Gasteiger charge is 2.27. The highest BCUT2D eigenvalue weighted by Crippen LogP contribution is 2.26. The lowest BCUT2D eigenvalue weighted by molar-refractivity contribution is -0.384. The predicted octanol–water partition coefficient (Wildman–Crippen LogP) is 6.83. The topological polar surface area (TPSA) is 252 Å². The molecular weight excluding hydrogens is 929 g/mol. The van der Waals surface area contributed by atoms with E-state index >= 15 is 0 Å². The zero-order valence-corrected chi connectivity index (χ0v) is 40.3. The Kier molecular flexibility index (Phi) is 19.4. The van der Waals surface area contributed by atoms with Gasteiger partial charge in [0.2, 0.25) is 23.6 Å². The Morgan fingerprint density at radius 1 is 0.603 bits per heavy atom. The van der Waals surface area contributed by atoms with Crippen LogP contribution in [-0.4, -0.2) is 63.6 Å². The molecule has 358 valence electrons. The summed E-state index contributed by atoms with van der Waals surface area (Å²) in [7, 11) is -4.37. The number of nitro groups is 1. The summed E-state index contributed by atoms with van der Waals surface area (Å²) in [5, 5.41) is 27.9. The number of benzene rings is 4. The van der Waals surface area contributed by atoms with E-state index in [-0.39, 0.29) is 35.0 Å². The van der Waals surface area contributed by atoms with Crippen LogP contribution in [0, 0.1) is 10.1 Å². The third-order valence-corrected chi connectivity index (χ3v) is 12.8. The Labute approximate surface area is 403 Å². The fourth-order valence-corrected chi connectivity index (χ4v) is 9.27. The normalized spacial score (nSPS) is 12.8. The van der Waals surface area contributed by atoms with E-state index in [1.54, 1.807) is 24.3 Å². The number of carbonyl (C=O) groups excluding carboxylic acids is 4. The minimum Gasteiger partial charge on any atom is -0.345 e. The fraction of sp³-hybridized carbons (Fsp3) is 0.292. The molecule has 0 aliphatic heterocycles. The monoisotopic (exact) mass is 982 g/mol. The molecule has 20 heteroatoms. The van der Waals surface area contributed by atoms with Crippen molar-refractivity contribution in [3.05, 3.63) is 174 Å². The number of anilines is 1. The smallest absolute Gasteiger partial charge is 0.345 e. The van der Waals surface area contributed by atoms with Gasteiger partial charge in [-0.2, -0.15) is 8.42 Å². The van der Waals surface area contributed by atoms with Crippen molar-refractivity contribution < 1.29 is 37.1 Å². The number of carbonyl (C=O) groups is 4. The molecule has 4 amide bonds. The number of hydrogen-bond acceptors (Lipinski definition) is 12. The van der Waals surface area contributed by atoms with E-state index in [2.05, 4.69) is 31.2 Å². The molecule has 4 aromatic carbocycles. The van der Waals surface area contributed by atoms with Crippen LogP contribution in [0.5, 0.6) is 0 Å². The van der Waals surface area contributed by atoms with Crippen molar-refractivity contribution in [2.45, 2.75) is 90.4 Å². The average molecular weight is 983 g/mol. The lowest BCUT2D eigenvalue weighted by atomic mass is 10.0. The molecule has 0 bridgehead atoms. The van der Waals surface area contributed by atoms with Gasteiger partial charge in [-0.15, -0.1) is 22.7 Å². The maximum atomic E-state index is 13.3. The Morgan fingerprint density at radius 3 is 1.32 bits per heavy atom. The van der Waals surface area contributed by atoms with E-state index in [4.69, 9.17) is 4.55 Å². The third kappa shape index (κ3) is 17.1. The van der Waals surface area contributed by atoms with Gasteiger partial charge >= 0.3 is 10.3 Å². The minimum atomic E-state index is -4.37. The first kappa shape index (κ1) is 52.1. The third-order valence-electron chi connectivity index (χ3n) is 10.3. The summed E-state index contributed by atoms with van der Waals surface area (Å²) in [4.78, 5) is 69.9. The van der Waals surface area contributed by atoms with Gasteiger partial charge in [0.15, 0.2) is 0 Å². The van der Waals surface area contributed by atoms with Crippen molar-refractivity contribution in [3.8, 4) is 0 Å². The second-order valence-electron chi connectivity index (χ2n) is 15.7. The molecule has 6 rings (SSSR count). The van der Waals surface area contributed by atoms with Crippen LogP contribution in [0.15, 0.2) is 120 Å². The van der Waals surface area contributed by atoms with Gasteiger partial charge in [0.1, 0.15) is 22.1 Å². The standard InChI is InChI=1S/C24H28N4O5S2.C24H26N4O4S/c1-3-19-15-34-24(26-19)22(14-18-9-11-20(12-10-18)28-35(31,32)33)27-23(30)21(25-16(2)29)13-17-7-5-4-6-8-17;1-3-19-15-33-24(26-19)22(14-18-9-11-20(12-10-18)28(31)32)27-23(30)21(25-16(2)29)13-17-7-5-4-6-8-17/h4-12,15,21-22,28H,3,13-14H2,1-2H3,(H,25,29)(H,27,30)(H,31,32,33);4-12,15,21-22H,3,13-14H2,1-2H3,(H,25,29)(H,27,30)/t2*21-,22-/m00/s1. The van der Waals surface area contributed by atoms with E-state index in [0.29, 0.717) is 25.7 Å². The number of nitrogens with zero attached hydrogens (tertiary/aromatic N) is 3. The zero-order valence-electron chi connectivity index (χ0n) is 37.9. The van der Waals surface area contributed by atoms with E-state index in [9.17, 15) is 37.7 Å². The molecule has 6 aromatic rings. The molecule has 0 unspecified atom stereocenters. The van der Waals surface area contributed by atoms with Crippen LogP contribution >= 0.6 is 22.7 Å². The summed E-state index contributed by atoms with van der Waals surface area (Å²) in [5.74, 6) is -1.23. The lowest BCUT2D eigenvalue weighted by Gasteiger charge is -2.22. The number of nitrogens with one attached hydrogen (secondary N) is 5. The largest absolute Gasteiger partial charge is 0.357 e. The second-order valence-corrected chi connectivity index (χ2v) is 18.6. The second kappa shape index (κ2) is 25.3. The summed E-state index contributed by atoms with van der Waals surface area (Å²) >= 11 is 2.91. The van der Waals surface area contributed by atoms with Crippen molar-refractivity contribution in [1.82, 2.24) is 31.2 Å². The van der Waals surface area contributed by atoms with Gasteiger partial charge in [-0.1, -0.05) is 98.8 Å². The van der Waals surface area contributed by atoms with Crippen molar-refractivity contribution in [2.24, 2.45) is 0 Å². The number of thiazole rings is 2. The molecule has 0 radical (unpaired) electrons. The summed E-state index contributed by atoms with van der Waals surface area (Å²) in [6.45, 7) is 6.77. The van der Waals surface area contributed by atoms with Crippen LogP contribution in [0.25, 0.3) is 0 Å². The fourth-order valence-electron chi connectivity index (χ4n) is 6.93. The van der Waals surface area contributed by atoms with Gasteiger partial charge in [-0.25, -0.2) is 9.97 Å². The number of aromatic nitrogens is 2. The summed E-state index contributed by atoms with van der Waals surface area (Å²) < 4.78 is 33.0. The van der Waals surface area contributed by atoms with Crippen molar-refractivity contribution in [3.63, 3.8) is 0 Å². The van der Waals surface area contributed by atoms with Crippen molar-refractivity contribution >= 4 is 68.0 Å². The SMILES string of the molecule is CCc1csc([C@H](Cc2ccc(NS(=O)(=O)O)cc2)NC(=O)[C@H](Cc2ccccc2)NC(C)=O)n1.CCc1csc([C@H](Cc2ccc([N+](=O)[O-])cc2)NC(=O)[C@H](Cc2ccccc2)NC(C)=O)n1. The molecule has 0 saturated heterocycles. The van der Waals surface area contributed by atoms with Gasteiger partial charge in [-0.3, -0.25) is 38.6 Å². The van der Waals surface area contributed by atoms with Crippen LogP contribution < -0.4 is 26.0 Å². The van der Waals surface area contributed by atoms with Gasteiger partial charge < -0.3 is 21.3 Å². The van der Waals surface area contributed by atoms with Crippen LogP contribution in [-0.2, 0) is 68.0 Å². The van der Waals surface area contributed by atoms with E-state index in [0.717, 1.165) is 56.5 Å². The minimum absolute atomic E-state index is 0.00966. The zero-order chi connectivity index (χ0) is 49.2. The maximum absolute atomic E-state index is 13.3. The summed E-state index contributed by atoms with van der Waals surface area (Å²) in [6, 6.07) is 29.2. The number of aryl methyl sites for hydroxylation is 2. The molecule has 2 aromatic heterocycles. The Balaban J connectivity index is 0.000000255. The van der Waals surface area contributed by atoms with E-state index in [1.807, 2.05) is 90.0 Å². The molecular formula is C48H54N8O9S3. The molecule has 0 spiro atoms. The summed E-state index contributed by atoms with van der Waals surface area (Å²) in [5.41, 5.74) is 5.58. The Bertz CT molecular complexity index is 2720. The van der Waals surface area contributed by atoms with Gasteiger partial charge in [-0.05, 0) is 60.1 Å². The first-order valence-electron chi connectivity index (χ1n) is 21.7. The predicted molar refractivity (Wildman–Crippen MR) is 262 cm³/mol. The number of nitro benzene ring substituents is 1. The van der Waals surface area contributed by atoms with Crippen molar-refractivity contribution in [2.75, 3.05) is 4.72 Å². The van der Waals surface area contributed by atoms with Crippen molar-refractivity contribution in [1.29, 1.82) is 0 Å². The van der Waals surface area contributed by atoms with Gasteiger partial charge in [0.25, 0.3) is 5.69 Å². The highest BCUT2D eigenvalue weighted by atomic mass is 32.2. The molecule has 0 aliphatic rings. The molecule has 4 atom stereocenters. The Hall–Kier alpha value is -6.87. The molecule has 0 saturated carbocycles. The highest BCUT2D eigenvalue weighted by molar-refractivity contribution is 7.87. The number of hydrogen-bond donors (Lipinski definition) is 6. The number of rotatable bonds is 21. The number of amides is 4. The quantitative estimate of drug-likeness (QED) is 0.0248. The van der Waals surface area contributed by atoms with Crippen LogP contribution in [0.1, 0.15) is 83.4 Å². The first-order valence-corrected chi connectivity index (χ1v) is 24.9. The van der Waals surface area contributed by atoms with E-state index < -0.39 is 39.4 Å². The molecule has 6 N–H and O–H groups in total. The van der Waals surface area contributed by atoms with E-state index in [1.165, 1.54) is 60.8 Å². The first-order chi connectivity index (χ1) is 32.5. The summed E-state index contributed by atoms with van der Waals surface area (Å²) in [6.07, 6.45) is 3.04. The Morgan fingerprint density at radius 2 is 0.985 bits per heavy atom. The molecule has 0 aliphatic carbocycles. The lowest BCUT2D eigenvalue weighted by Crippen LogP contribution is -2.48. The van der Waals surface area contributed by atoms with Crippen LogP contribution in [0.2, 0.25) is 0 Å². The van der Waals surface area contributed by atoms with Gasteiger partial charge in [0, 0.05) is 49.6 Å². The average Bonchev–Trinajstić information content (AvgIpc) is 4.00. The molecule has 2 heterocycles. The molecule has 17 nitrogen and oxygen atoms in total. The molecule has 0 fully saturated rings. The number of non-ortho nitro benzene ring substituents is 1.